The van der Waals surface area contributed by atoms with Gasteiger partial charge in [-0.2, -0.15) is 0 Å². The zero-order chi connectivity index (χ0) is 15.5. The summed E-state index contributed by atoms with van der Waals surface area (Å²) in [4.78, 5) is 14.1. The molecule has 0 spiro atoms. The molecular formula is C16H23ClN2O2. The van der Waals surface area contributed by atoms with Crippen molar-refractivity contribution in [1.29, 1.82) is 0 Å². The maximum Gasteiger partial charge on any atom is 0.407 e. The Morgan fingerprint density at radius 1 is 1.43 bits per heavy atom. The molecule has 1 atom stereocenters. The molecule has 5 heteroatoms. The van der Waals surface area contributed by atoms with Crippen LogP contribution in [0.4, 0.5) is 4.79 Å². The molecule has 0 unspecified atom stereocenters. The fourth-order valence-corrected chi connectivity index (χ4v) is 2.63. The van der Waals surface area contributed by atoms with E-state index in [1.165, 1.54) is 0 Å². The van der Waals surface area contributed by atoms with Gasteiger partial charge in [-0.3, -0.25) is 4.90 Å². The van der Waals surface area contributed by atoms with Gasteiger partial charge in [-0.25, -0.2) is 4.79 Å². The van der Waals surface area contributed by atoms with Crippen LogP contribution >= 0.6 is 11.6 Å². The first kappa shape index (κ1) is 16.1. The van der Waals surface area contributed by atoms with Crippen molar-refractivity contribution in [3.8, 4) is 0 Å². The van der Waals surface area contributed by atoms with Crippen molar-refractivity contribution in [2.24, 2.45) is 0 Å². The Labute approximate surface area is 131 Å². The monoisotopic (exact) mass is 310 g/mol. The van der Waals surface area contributed by atoms with Crippen LogP contribution in [0.5, 0.6) is 0 Å². The summed E-state index contributed by atoms with van der Waals surface area (Å²) in [7, 11) is 0. The van der Waals surface area contributed by atoms with E-state index in [1.54, 1.807) is 0 Å². The molecule has 1 aliphatic rings. The second-order valence-electron chi connectivity index (χ2n) is 6.46. The SMILES string of the molecule is CC(C)(C)OC(=O)N[C@@H]1CCN(Cc2ccccc2Cl)C1. The third kappa shape index (κ3) is 5.21. The standard InChI is InChI=1S/C16H23ClN2O2/c1-16(2,3)21-15(20)18-13-8-9-19(11-13)10-12-6-4-5-7-14(12)17/h4-7,13H,8-11H2,1-3H3,(H,18,20)/t13-/m1/s1. The molecule has 0 radical (unpaired) electrons. The lowest BCUT2D eigenvalue weighted by atomic mass is 10.2. The Kier molecular flexibility index (Phi) is 5.12. The second kappa shape index (κ2) is 6.67. The highest BCUT2D eigenvalue weighted by molar-refractivity contribution is 6.31. The van der Waals surface area contributed by atoms with Crippen molar-refractivity contribution in [2.75, 3.05) is 13.1 Å². The number of halogens is 1. The molecule has 0 aromatic heterocycles. The maximum atomic E-state index is 11.8. The van der Waals surface area contributed by atoms with Crippen LogP contribution < -0.4 is 5.32 Å². The number of hydrogen-bond donors (Lipinski definition) is 1. The number of amides is 1. The smallest absolute Gasteiger partial charge is 0.407 e. The van der Waals surface area contributed by atoms with Crippen molar-refractivity contribution in [2.45, 2.75) is 45.4 Å². The number of carbonyl (C=O) groups is 1. The summed E-state index contributed by atoms with van der Waals surface area (Å²) in [5.74, 6) is 0. The molecule has 116 valence electrons. The molecular weight excluding hydrogens is 288 g/mol. The van der Waals surface area contributed by atoms with Crippen molar-refractivity contribution in [3.63, 3.8) is 0 Å². The summed E-state index contributed by atoms with van der Waals surface area (Å²) < 4.78 is 5.28. The first-order valence-electron chi connectivity index (χ1n) is 7.29. The number of rotatable bonds is 3. The van der Waals surface area contributed by atoms with E-state index in [-0.39, 0.29) is 12.1 Å². The molecule has 0 saturated carbocycles. The van der Waals surface area contributed by atoms with Crippen molar-refractivity contribution >= 4 is 17.7 Å². The topological polar surface area (TPSA) is 41.6 Å². The molecule has 4 nitrogen and oxygen atoms in total. The summed E-state index contributed by atoms with van der Waals surface area (Å²) in [6.07, 6.45) is 0.594. The van der Waals surface area contributed by atoms with Gasteiger partial charge in [0.25, 0.3) is 0 Å². The molecule has 1 fully saturated rings. The summed E-state index contributed by atoms with van der Waals surface area (Å²) >= 11 is 6.18. The molecule has 1 saturated heterocycles. The first-order chi connectivity index (χ1) is 9.83. The number of ether oxygens (including phenoxy) is 1. The van der Waals surface area contributed by atoms with E-state index in [9.17, 15) is 4.79 Å². The van der Waals surface area contributed by atoms with Crippen molar-refractivity contribution < 1.29 is 9.53 Å². The molecule has 1 aliphatic heterocycles. The highest BCUT2D eigenvalue weighted by atomic mass is 35.5. The van der Waals surface area contributed by atoms with Crippen LogP contribution in [-0.2, 0) is 11.3 Å². The van der Waals surface area contributed by atoms with Gasteiger partial charge >= 0.3 is 6.09 Å². The Balaban J connectivity index is 1.81. The summed E-state index contributed by atoms with van der Waals surface area (Å²) in [6.45, 7) is 8.18. The summed E-state index contributed by atoms with van der Waals surface area (Å²) in [6, 6.07) is 8.01. The lowest BCUT2D eigenvalue weighted by molar-refractivity contribution is 0.0506. The van der Waals surface area contributed by atoms with Gasteiger partial charge in [0.2, 0.25) is 0 Å². The predicted octanol–water partition coefficient (Wildman–Crippen LogP) is 3.44. The van der Waals surface area contributed by atoms with Gasteiger partial charge in [0, 0.05) is 30.7 Å². The first-order valence-corrected chi connectivity index (χ1v) is 7.66. The number of carbonyl (C=O) groups excluding carboxylic acids is 1. The third-order valence-electron chi connectivity index (χ3n) is 3.35. The quantitative estimate of drug-likeness (QED) is 0.930. The van der Waals surface area contributed by atoms with Crippen molar-refractivity contribution in [3.05, 3.63) is 34.9 Å². The zero-order valence-electron chi connectivity index (χ0n) is 12.9. The molecule has 0 bridgehead atoms. The average molecular weight is 311 g/mol. The highest BCUT2D eigenvalue weighted by Gasteiger charge is 2.26. The Morgan fingerprint density at radius 2 is 2.14 bits per heavy atom. The van der Waals surface area contributed by atoms with Crippen LogP contribution in [0.2, 0.25) is 5.02 Å². The number of benzene rings is 1. The van der Waals surface area contributed by atoms with Crippen LogP contribution in [0.15, 0.2) is 24.3 Å². The van der Waals surface area contributed by atoms with E-state index >= 15 is 0 Å². The number of nitrogens with one attached hydrogen (secondary N) is 1. The molecule has 1 aromatic carbocycles. The second-order valence-corrected chi connectivity index (χ2v) is 6.87. The molecule has 1 N–H and O–H groups in total. The number of nitrogens with zero attached hydrogens (tertiary/aromatic N) is 1. The lowest BCUT2D eigenvalue weighted by Crippen LogP contribution is -2.40. The minimum absolute atomic E-state index is 0.141. The van der Waals surface area contributed by atoms with Gasteiger partial charge < -0.3 is 10.1 Å². The minimum Gasteiger partial charge on any atom is -0.444 e. The molecule has 1 heterocycles. The van der Waals surface area contributed by atoms with E-state index in [4.69, 9.17) is 16.3 Å². The third-order valence-corrected chi connectivity index (χ3v) is 3.71. The van der Waals surface area contributed by atoms with Gasteiger partial charge in [-0.05, 0) is 38.8 Å². The van der Waals surface area contributed by atoms with E-state index in [2.05, 4.69) is 10.2 Å². The Bertz CT molecular complexity index is 499. The molecule has 1 amide bonds. The average Bonchev–Trinajstić information content (AvgIpc) is 2.77. The van der Waals surface area contributed by atoms with E-state index in [0.29, 0.717) is 0 Å². The predicted molar refractivity (Wildman–Crippen MR) is 84.5 cm³/mol. The number of hydrogen-bond acceptors (Lipinski definition) is 3. The van der Waals surface area contributed by atoms with Gasteiger partial charge in [-0.15, -0.1) is 0 Å². The van der Waals surface area contributed by atoms with E-state index in [0.717, 1.165) is 36.6 Å². The Hall–Kier alpha value is -1.26. The maximum absolute atomic E-state index is 11.8. The fourth-order valence-electron chi connectivity index (χ4n) is 2.44. The normalized spacial score (nSPS) is 19.5. The Morgan fingerprint density at radius 3 is 2.81 bits per heavy atom. The van der Waals surface area contributed by atoms with Crippen LogP contribution in [0.3, 0.4) is 0 Å². The van der Waals surface area contributed by atoms with Gasteiger partial charge in [0.1, 0.15) is 5.60 Å². The van der Waals surface area contributed by atoms with Crippen molar-refractivity contribution in [1.82, 2.24) is 10.2 Å². The van der Waals surface area contributed by atoms with E-state index in [1.807, 2.05) is 45.0 Å². The number of likely N-dealkylation sites (tertiary alicyclic amines) is 1. The van der Waals surface area contributed by atoms with Gasteiger partial charge in [0.05, 0.1) is 0 Å². The fraction of sp³-hybridized carbons (Fsp3) is 0.562. The van der Waals surface area contributed by atoms with Gasteiger partial charge in [-0.1, -0.05) is 29.8 Å². The van der Waals surface area contributed by atoms with Crippen LogP contribution in [-0.4, -0.2) is 35.7 Å². The lowest BCUT2D eigenvalue weighted by Gasteiger charge is -2.22. The van der Waals surface area contributed by atoms with E-state index < -0.39 is 5.60 Å². The summed E-state index contributed by atoms with van der Waals surface area (Å²) in [5, 5.41) is 3.72. The highest BCUT2D eigenvalue weighted by Crippen LogP contribution is 2.20. The molecule has 21 heavy (non-hydrogen) atoms. The zero-order valence-corrected chi connectivity index (χ0v) is 13.6. The summed E-state index contributed by atoms with van der Waals surface area (Å²) in [5.41, 5.74) is 0.664. The van der Waals surface area contributed by atoms with Crippen LogP contribution in [0.25, 0.3) is 0 Å². The van der Waals surface area contributed by atoms with Crippen LogP contribution in [0.1, 0.15) is 32.8 Å². The molecule has 2 rings (SSSR count). The molecule has 0 aliphatic carbocycles. The minimum atomic E-state index is -0.458. The van der Waals surface area contributed by atoms with Crippen LogP contribution in [0, 0.1) is 0 Å². The largest absolute Gasteiger partial charge is 0.444 e. The number of alkyl carbamates (subject to hydrolysis) is 1. The molecule has 1 aromatic rings. The van der Waals surface area contributed by atoms with Gasteiger partial charge in [0.15, 0.2) is 0 Å².